The molecule has 0 radical (unpaired) electrons. The predicted octanol–water partition coefficient (Wildman–Crippen LogP) is 2.60. The van der Waals surface area contributed by atoms with Crippen LogP contribution in [-0.2, 0) is 6.18 Å². The van der Waals surface area contributed by atoms with E-state index in [4.69, 9.17) is 0 Å². The van der Waals surface area contributed by atoms with Gasteiger partial charge in [-0.3, -0.25) is 0 Å². The van der Waals surface area contributed by atoms with Crippen molar-refractivity contribution in [1.29, 1.82) is 0 Å². The van der Waals surface area contributed by atoms with Crippen LogP contribution in [-0.4, -0.2) is 26.8 Å². The van der Waals surface area contributed by atoms with E-state index in [0.717, 1.165) is 29.9 Å². The monoisotopic (exact) mass is 283 g/mol. The number of hydrogen-bond acceptors (Lipinski definition) is 4. The zero-order valence-electron chi connectivity index (χ0n) is 10.6. The largest absolute Gasteiger partial charge is 0.419 e. The standard InChI is InChI=1S/C12H12F3N5/c1-16-9-4-10(19-11(18-9)7-2-3-7)20-6-8(5-17-20)12(13,14)15/h4-7H,2-3H2,1H3,(H,16,18,19). The first kappa shape index (κ1) is 12.9. The summed E-state index contributed by atoms with van der Waals surface area (Å²) in [7, 11) is 1.70. The van der Waals surface area contributed by atoms with Gasteiger partial charge in [-0.25, -0.2) is 14.6 Å². The van der Waals surface area contributed by atoms with Crippen LogP contribution in [0.3, 0.4) is 0 Å². The van der Waals surface area contributed by atoms with E-state index in [9.17, 15) is 13.2 Å². The molecule has 106 valence electrons. The second-order valence-corrected chi connectivity index (χ2v) is 4.67. The Morgan fingerprint density at radius 1 is 1.30 bits per heavy atom. The van der Waals surface area contributed by atoms with Gasteiger partial charge in [-0.1, -0.05) is 0 Å². The number of halogens is 3. The number of nitrogens with one attached hydrogen (secondary N) is 1. The van der Waals surface area contributed by atoms with Gasteiger partial charge in [0.25, 0.3) is 0 Å². The average Bonchev–Trinajstić information content (AvgIpc) is 3.13. The molecule has 1 aliphatic rings. The molecule has 1 aliphatic carbocycles. The Kier molecular flexibility index (Phi) is 2.88. The van der Waals surface area contributed by atoms with Crippen LogP contribution < -0.4 is 5.32 Å². The minimum atomic E-state index is -4.41. The van der Waals surface area contributed by atoms with Crippen molar-refractivity contribution in [3.8, 4) is 5.82 Å². The fraction of sp³-hybridized carbons (Fsp3) is 0.417. The lowest BCUT2D eigenvalue weighted by Gasteiger charge is -2.07. The zero-order chi connectivity index (χ0) is 14.3. The summed E-state index contributed by atoms with van der Waals surface area (Å²) in [6.45, 7) is 0. The molecule has 2 heterocycles. The maximum Gasteiger partial charge on any atom is 0.419 e. The van der Waals surface area contributed by atoms with Gasteiger partial charge in [0.15, 0.2) is 5.82 Å². The fourth-order valence-electron chi connectivity index (χ4n) is 1.82. The van der Waals surface area contributed by atoms with Gasteiger partial charge < -0.3 is 5.32 Å². The third kappa shape index (κ3) is 2.45. The summed E-state index contributed by atoms with van der Waals surface area (Å²) in [6, 6.07) is 1.57. The van der Waals surface area contributed by atoms with Crippen LogP contribution in [0.5, 0.6) is 0 Å². The summed E-state index contributed by atoms with van der Waals surface area (Å²) >= 11 is 0. The second-order valence-electron chi connectivity index (χ2n) is 4.67. The van der Waals surface area contributed by atoms with E-state index >= 15 is 0 Å². The second kappa shape index (κ2) is 4.46. The molecule has 0 amide bonds. The predicted molar refractivity (Wildman–Crippen MR) is 65.7 cm³/mol. The average molecular weight is 283 g/mol. The summed E-state index contributed by atoms with van der Waals surface area (Å²) in [5.41, 5.74) is -0.796. The summed E-state index contributed by atoms with van der Waals surface area (Å²) in [6.07, 6.45) is -0.661. The smallest absolute Gasteiger partial charge is 0.373 e. The quantitative estimate of drug-likeness (QED) is 0.940. The zero-order valence-corrected chi connectivity index (χ0v) is 10.6. The number of aromatic nitrogens is 4. The van der Waals surface area contributed by atoms with E-state index in [1.54, 1.807) is 13.1 Å². The van der Waals surface area contributed by atoms with Gasteiger partial charge in [0.2, 0.25) is 0 Å². The van der Waals surface area contributed by atoms with E-state index < -0.39 is 11.7 Å². The van der Waals surface area contributed by atoms with Crippen molar-refractivity contribution in [1.82, 2.24) is 19.7 Å². The van der Waals surface area contributed by atoms with Crippen LogP contribution in [0.4, 0.5) is 19.0 Å². The molecule has 2 aromatic heterocycles. The minimum absolute atomic E-state index is 0.305. The van der Waals surface area contributed by atoms with Gasteiger partial charge in [0.1, 0.15) is 11.6 Å². The molecule has 0 unspecified atom stereocenters. The fourth-order valence-corrected chi connectivity index (χ4v) is 1.82. The first-order chi connectivity index (χ1) is 9.47. The maximum atomic E-state index is 12.6. The minimum Gasteiger partial charge on any atom is -0.373 e. The number of nitrogens with zero attached hydrogens (tertiary/aromatic N) is 4. The lowest BCUT2D eigenvalue weighted by atomic mass is 10.3. The van der Waals surface area contributed by atoms with Crippen LogP contribution >= 0.6 is 0 Å². The maximum absolute atomic E-state index is 12.6. The summed E-state index contributed by atoms with van der Waals surface area (Å²) in [5.74, 6) is 1.86. The third-order valence-corrected chi connectivity index (χ3v) is 3.07. The molecular weight excluding hydrogens is 271 g/mol. The molecule has 0 spiro atoms. The van der Waals surface area contributed by atoms with Crippen LogP contribution in [0.15, 0.2) is 18.5 Å². The Morgan fingerprint density at radius 3 is 2.60 bits per heavy atom. The molecule has 8 heteroatoms. The van der Waals surface area contributed by atoms with Crippen molar-refractivity contribution in [3.63, 3.8) is 0 Å². The molecular formula is C12H12F3N5. The van der Waals surface area contributed by atoms with Crippen molar-refractivity contribution in [2.75, 3.05) is 12.4 Å². The Morgan fingerprint density at radius 2 is 2.05 bits per heavy atom. The van der Waals surface area contributed by atoms with Gasteiger partial charge in [0, 0.05) is 25.2 Å². The van der Waals surface area contributed by atoms with Crippen LogP contribution in [0, 0.1) is 0 Å². The van der Waals surface area contributed by atoms with E-state index in [1.165, 1.54) is 0 Å². The highest BCUT2D eigenvalue weighted by molar-refractivity contribution is 5.42. The van der Waals surface area contributed by atoms with E-state index in [1.807, 2.05) is 0 Å². The lowest BCUT2D eigenvalue weighted by Crippen LogP contribution is -2.06. The molecule has 0 atom stereocenters. The van der Waals surface area contributed by atoms with Crippen molar-refractivity contribution in [3.05, 3.63) is 29.8 Å². The molecule has 1 saturated carbocycles. The molecule has 0 saturated heterocycles. The van der Waals surface area contributed by atoms with Crippen molar-refractivity contribution >= 4 is 5.82 Å². The highest BCUT2D eigenvalue weighted by Gasteiger charge is 2.33. The summed E-state index contributed by atoms with van der Waals surface area (Å²) in [4.78, 5) is 8.60. The molecule has 0 aliphatic heterocycles. The van der Waals surface area contributed by atoms with Crippen molar-refractivity contribution < 1.29 is 13.2 Å². The Bertz CT molecular complexity index is 630. The number of anilines is 1. The van der Waals surface area contributed by atoms with Crippen LogP contribution in [0.1, 0.15) is 30.1 Å². The topological polar surface area (TPSA) is 55.6 Å². The van der Waals surface area contributed by atoms with Gasteiger partial charge in [0.05, 0.1) is 11.8 Å². The lowest BCUT2D eigenvalue weighted by molar-refractivity contribution is -0.137. The molecule has 5 nitrogen and oxygen atoms in total. The molecule has 20 heavy (non-hydrogen) atoms. The molecule has 2 aromatic rings. The van der Waals surface area contributed by atoms with Gasteiger partial charge >= 0.3 is 6.18 Å². The molecule has 1 N–H and O–H groups in total. The first-order valence-electron chi connectivity index (χ1n) is 6.16. The van der Waals surface area contributed by atoms with E-state index in [2.05, 4.69) is 20.4 Å². The summed E-state index contributed by atoms with van der Waals surface area (Å²) < 4.78 is 38.9. The third-order valence-electron chi connectivity index (χ3n) is 3.07. The van der Waals surface area contributed by atoms with Crippen molar-refractivity contribution in [2.24, 2.45) is 0 Å². The number of rotatable bonds is 3. The SMILES string of the molecule is CNc1cc(-n2cc(C(F)(F)F)cn2)nc(C2CC2)n1. The van der Waals surface area contributed by atoms with Crippen LogP contribution in [0.2, 0.25) is 0 Å². The molecule has 1 fully saturated rings. The molecule has 0 bridgehead atoms. The number of hydrogen-bond donors (Lipinski definition) is 1. The molecule has 0 aromatic carbocycles. The van der Waals surface area contributed by atoms with Crippen molar-refractivity contribution in [2.45, 2.75) is 24.9 Å². The number of alkyl halides is 3. The highest BCUT2D eigenvalue weighted by Crippen LogP contribution is 2.38. The molecule has 3 rings (SSSR count). The summed E-state index contributed by atoms with van der Waals surface area (Å²) in [5, 5.41) is 6.61. The van der Waals surface area contributed by atoms with E-state index in [0.29, 0.717) is 23.4 Å². The highest BCUT2D eigenvalue weighted by atomic mass is 19.4. The van der Waals surface area contributed by atoms with Gasteiger partial charge in [-0.15, -0.1) is 0 Å². The Balaban J connectivity index is 2.00. The normalized spacial score (nSPS) is 15.4. The first-order valence-corrected chi connectivity index (χ1v) is 6.16. The van der Waals surface area contributed by atoms with E-state index in [-0.39, 0.29) is 0 Å². The van der Waals surface area contributed by atoms with Crippen LogP contribution in [0.25, 0.3) is 5.82 Å². The van der Waals surface area contributed by atoms with Gasteiger partial charge in [-0.05, 0) is 12.8 Å². The van der Waals surface area contributed by atoms with Gasteiger partial charge in [-0.2, -0.15) is 18.3 Å². The Labute approximate surface area is 112 Å². The Hall–Kier alpha value is -2.12.